The van der Waals surface area contributed by atoms with Crippen LogP contribution in [0.2, 0.25) is 0 Å². The molecule has 0 saturated carbocycles. The van der Waals surface area contributed by atoms with Crippen molar-refractivity contribution < 1.29 is 28.7 Å². The van der Waals surface area contributed by atoms with Gasteiger partial charge in [0.1, 0.15) is 17.8 Å². The molecule has 2 bridgehead atoms. The number of carbonyl (C=O) groups is 4. The van der Waals surface area contributed by atoms with E-state index >= 15 is 0 Å². The van der Waals surface area contributed by atoms with Crippen LogP contribution in [0.4, 0.5) is 5.95 Å². The standard InChI is InChI=1S/C30H41N7O6/c1-21(2)17-24-29(41)37(15-16-42-3)19-26(38)33-25(18-22-5-7-23(8-6-22)43-20-27(39)34-24)28(40)35-11-13-36(14-12-35)30-31-9-4-10-32-30/h4-10,21,24-25H,11-20H2,1-3H3,(H,33,38)(H,34,39)/t24-,25+/m0/s1. The second-order valence-corrected chi connectivity index (χ2v) is 11.1. The Hall–Kier alpha value is -4.26. The van der Waals surface area contributed by atoms with E-state index in [2.05, 4.69) is 20.6 Å². The third-order valence-electron chi connectivity index (χ3n) is 7.34. The Morgan fingerprint density at radius 2 is 1.72 bits per heavy atom. The van der Waals surface area contributed by atoms with Gasteiger partial charge in [-0.1, -0.05) is 26.0 Å². The molecule has 4 heterocycles. The van der Waals surface area contributed by atoms with Crippen LogP contribution in [0.3, 0.4) is 0 Å². The number of fused-ring (bicyclic) bond motifs is 13. The van der Waals surface area contributed by atoms with Crippen LogP contribution in [0.1, 0.15) is 25.8 Å². The van der Waals surface area contributed by atoms with E-state index in [-0.39, 0.29) is 44.5 Å². The molecule has 4 amide bonds. The lowest BCUT2D eigenvalue weighted by Gasteiger charge is -2.36. The van der Waals surface area contributed by atoms with Crippen molar-refractivity contribution in [3.63, 3.8) is 0 Å². The molecule has 232 valence electrons. The molecule has 1 fully saturated rings. The molecule has 2 aromatic rings. The van der Waals surface area contributed by atoms with Gasteiger partial charge in [-0.25, -0.2) is 9.97 Å². The highest BCUT2D eigenvalue weighted by molar-refractivity contribution is 5.93. The van der Waals surface area contributed by atoms with Crippen LogP contribution < -0.4 is 20.3 Å². The van der Waals surface area contributed by atoms with Crippen LogP contribution in [0.15, 0.2) is 42.7 Å². The van der Waals surface area contributed by atoms with E-state index in [9.17, 15) is 19.2 Å². The van der Waals surface area contributed by atoms with Gasteiger partial charge < -0.3 is 34.8 Å². The first-order valence-corrected chi connectivity index (χ1v) is 14.6. The summed E-state index contributed by atoms with van der Waals surface area (Å²) in [6, 6.07) is 7.12. The fraction of sp³-hybridized carbons (Fsp3) is 0.533. The molecule has 0 radical (unpaired) electrons. The molecular formula is C30H41N7O6. The van der Waals surface area contributed by atoms with Crippen molar-refractivity contribution in [2.45, 2.75) is 38.8 Å². The number of methoxy groups -OCH3 is 1. The first kappa shape index (κ1) is 31.7. The number of amides is 4. The second kappa shape index (κ2) is 15.3. The lowest BCUT2D eigenvalue weighted by atomic mass is 10.0. The highest BCUT2D eigenvalue weighted by Crippen LogP contribution is 2.17. The number of aromatic nitrogens is 2. The van der Waals surface area contributed by atoms with E-state index in [4.69, 9.17) is 9.47 Å². The summed E-state index contributed by atoms with van der Waals surface area (Å²) in [5.74, 6) is -0.317. The monoisotopic (exact) mass is 595 g/mol. The fourth-order valence-electron chi connectivity index (χ4n) is 5.14. The quantitative estimate of drug-likeness (QED) is 0.430. The molecule has 1 aromatic carbocycles. The first-order valence-electron chi connectivity index (χ1n) is 14.6. The minimum atomic E-state index is -0.850. The largest absolute Gasteiger partial charge is 0.484 e. The Morgan fingerprint density at radius 1 is 1.02 bits per heavy atom. The number of rotatable bonds is 7. The van der Waals surface area contributed by atoms with E-state index in [0.717, 1.165) is 5.56 Å². The number of nitrogens with zero attached hydrogens (tertiary/aromatic N) is 5. The molecule has 0 unspecified atom stereocenters. The van der Waals surface area contributed by atoms with Crippen molar-refractivity contribution in [1.82, 2.24) is 30.4 Å². The minimum Gasteiger partial charge on any atom is -0.484 e. The molecule has 3 aliphatic rings. The number of hydrogen-bond acceptors (Lipinski definition) is 9. The number of benzene rings is 1. The molecule has 2 N–H and O–H groups in total. The molecule has 1 aromatic heterocycles. The van der Waals surface area contributed by atoms with Crippen LogP contribution >= 0.6 is 0 Å². The molecular weight excluding hydrogens is 554 g/mol. The van der Waals surface area contributed by atoms with Crippen molar-refractivity contribution >= 4 is 29.6 Å². The summed E-state index contributed by atoms with van der Waals surface area (Å²) in [5, 5.41) is 5.67. The predicted molar refractivity (Wildman–Crippen MR) is 158 cm³/mol. The summed E-state index contributed by atoms with van der Waals surface area (Å²) in [5.41, 5.74) is 0.809. The van der Waals surface area contributed by atoms with Gasteiger partial charge >= 0.3 is 0 Å². The maximum absolute atomic E-state index is 13.8. The predicted octanol–water partition coefficient (Wildman–Crippen LogP) is 0.251. The van der Waals surface area contributed by atoms with E-state index < -0.39 is 29.8 Å². The summed E-state index contributed by atoms with van der Waals surface area (Å²) >= 11 is 0. The van der Waals surface area contributed by atoms with Gasteiger partial charge in [0.25, 0.3) is 5.91 Å². The summed E-state index contributed by atoms with van der Waals surface area (Å²) in [7, 11) is 1.51. The molecule has 1 saturated heterocycles. The molecule has 13 nitrogen and oxygen atoms in total. The molecule has 43 heavy (non-hydrogen) atoms. The van der Waals surface area contributed by atoms with Crippen LogP contribution in [-0.2, 0) is 30.3 Å². The number of piperazine rings is 1. The van der Waals surface area contributed by atoms with Crippen LogP contribution in [0.25, 0.3) is 0 Å². The van der Waals surface area contributed by atoms with Crippen molar-refractivity contribution in [3.8, 4) is 5.75 Å². The van der Waals surface area contributed by atoms with E-state index in [0.29, 0.717) is 44.3 Å². The van der Waals surface area contributed by atoms with E-state index in [1.165, 1.54) is 12.0 Å². The van der Waals surface area contributed by atoms with Crippen molar-refractivity contribution in [2.75, 3.05) is 64.5 Å². The van der Waals surface area contributed by atoms with Crippen molar-refractivity contribution in [2.24, 2.45) is 5.92 Å². The van der Waals surface area contributed by atoms with Crippen LogP contribution in [0, 0.1) is 5.92 Å². The third-order valence-corrected chi connectivity index (χ3v) is 7.34. The number of nitrogens with one attached hydrogen (secondary N) is 2. The highest BCUT2D eigenvalue weighted by atomic mass is 16.5. The minimum absolute atomic E-state index is 0.0994. The van der Waals surface area contributed by atoms with Gasteiger partial charge in [0, 0.05) is 58.6 Å². The lowest BCUT2D eigenvalue weighted by Crippen LogP contribution is -2.57. The average molecular weight is 596 g/mol. The summed E-state index contributed by atoms with van der Waals surface area (Å²) in [6.45, 7) is 5.72. The van der Waals surface area contributed by atoms with Gasteiger partial charge in [-0.15, -0.1) is 0 Å². The van der Waals surface area contributed by atoms with E-state index in [1.807, 2.05) is 30.9 Å². The summed E-state index contributed by atoms with van der Waals surface area (Å²) < 4.78 is 10.9. The van der Waals surface area contributed by atoms with Gasteiger partial charge in [-0.05, 0) is 36.1 Å². The molecule has 5 rings (SSSR count). The van der Waals surface area contributed by atoms with Gasteiger partial charge in [0.2, 0.25) is 23.7 Å². The molecule has 2 atom stereocenters. The zero-order valence-corrected chi connectivity index (χ0v) is 25.0. The lowest BCUT2D eigenvalue weighted by molar-refractivity contribution is -0.142. The summed E-state index contributed by atoms with van der Waals surface area (Å²) in [6.07, 6.45) is 4.00. The van der Waals surface area contributed by atoms with Gasteiger partial charge in [0.05, 0.1) is 13.2 Å². The molecule has 3 aliphatic heterocycles. The second-order valence-electron chi connectivity index (χ2n) is 11.1. The number of hydrogen-bond donors (Lipinski definition) is 2. The molecule has 0 aliphatic carbocycles. The average Bonchev–Trinajstić information content (AvgIpc) is 3.01. The fourth-order valence-corrected chi connectivity index (χ4v) is 5.14. The van der Waals surface area contributed by atoms with Crippen LogP contribution in [0.5, 0.6) is 5.75 Å². The SMILES string of the molecule is COCCN1CC(=O)N[C@@H](C(=O)N2CCN(c3ncccn3)CC2)Cc2ccc(cc2)OCC(=O)N[C@@H](CC(C)C)C1=O. The Balaban J connectivity index is 1.55. The Labute approximate surface area is 251 Å². The highest BCUT2D eigenvalue weighted by Gasteiger charge is 2.32. The Kier molecular flexibility index (Phi) is 11.3. The zero-order chi connectivity index (χ0) is 30.8. The third kappa shape index (κ3) is 9.11. The smallest absolute Gasteiger partial charge is 0.258 e. The number of ether oxygens (including phenoxy) is 2. The number of carbonyl (C=O) groups excluding carboxylic acids is 4. The summed E-state index contributed by atoms with van der Waals surface area (Å²) in [4.78, 5) is 67.3. The van der Waals surface area contributed by atoms with Crippen molar-refractivity contribution in [1.29, 1.82) is 0 Å². The normalized spacial score (nSPS) is 20.6. The topological polar surface area (TPSA) is 146 Å². The van der Waals surface area contributed by atoms with Crippen molar-refractivity contribution in [3.05, 3.63) is 48.3 Å². The van der Waals surface area contributed by atoms with E-state index in [1.54, 1.807) is 35.5 Å². The van der Waals surface area contributed by atoms with Gasteiger partial charge in [0.15, 0.2) is 6.61 Å². The molecule has 0 spiro atoms. The van der Waals surface area contributed by atoms with Gasteiger partial charge in [-0.2, -0.15) is 0 Å². The maximum atomic E-state index is 13.8. The van der Waals surface area contributed by atoms with Gasteiger partial charge in [-0.3, -0.25) is 19.2 Å². The van der Waals surface area contributed by atoms with Crippen LogP contribution in [-0.4, -0.2) is 115 Å². The first-order chi connectivity index (χ1) is 20.7. The maximum Gasteiger partial charge on any atom is 0.258 e. The Morgan fingerprint density at radius 3 is 2.37 bits per heavy atom. The Bertz CT molecular complexity index is 1240. The zero-order valence-electron chi connectivity index (χ0n) is 25.0. The molecule has 13 heteroatoms. The number of anilines is 1.